The van der Waals surface area contributed by atoms with Gasteiger partial charge in [-0.25, -0.2) is 4.79 Å². The van der Waals surface area contributed by atoms with Crippen LogP contribution < -0.4 is 5.69 Å². The van der Waals surface area contributed by atoms with Gasteiger partial charge < -0.3 is 9.47 Å². The molecule has 0 aliphatic heterocycles. The van der Waals surface area contributed by atoms with Crippen LogP contribution in [-0.2, 0) is 16.5 Å². The third-order valence-corrected chi connectivity index (χ3v) is 5.33. The van der Waals surface area contributed by atoms with Gasteiger partial charge in [0.15, 0.2) is 0 Å². The van der Waals surface area contributed by atoms with E-state index in [2.05, 4.69) is 26.8 Å². The SMILES string of the molecule is C\C=C(/C=C\C(=C/CC)OC[C@@H](CC)OCCCCC)n1c(=O)n(C)c2ccccc21. The predicted molar refractivity (Wildman–Crippen MR) is 130 cm³/mol. The Morgan fingerprint density at radius 3 is 2.48 bits per heavy atom. The number of para-hydroxylation sites is 2. The normalized spacial score (nSPS) is 14.0. The van der Waals surface area contributed by atoms with Crippen LogP contribution in [0.2, 0.25) is 0 Å². The van der Waals surface area contributed by atoms with Crippen molar-refractivity contribution in [3.05, 3.63) is 64.8 Å². The zero-order chi connectivity index (χ0) is 22.6. The van der Waals surface area contributed by atoms with Gasteiger partial charge in [0.2, 0.25) is 0 Å². The number of nitrogens with zero attached hydrogens (tertiary/aromatic N) is 2. The second-order valence-electron chi connectivity index (χ2n) is 7.65. The predicted octanol–water partition coefficient (Wildman–Crippen LogP) is 6.05. The largest absolute Gasteiger partial charge is 0.491 e. The Bertz CT molecular complexity index is 963. The van der Waals surface area contributed by atoms with Crippen molar-refractivity contribution >= 4 is 16.7 Å². The number of ether oxygens (including phenoxy) is 2. The summed E-state index contributed by atoms with van der Waals surface area (Å²) in [7, 11) is 1.80. The highest BCUT2D eigenvalue weighted by Crippen LogP contribution is 2.18. The standard InChI is InChI=1S/C26H38N2O3/c1-6-10-13-19-30-22(9-4)20-31-23(14-7-2)18-17-21(8-3)28-25-16-12-11-15-24(25)27(5)26(28)29/h8,11-12,14-18,22H,6-7,9-10,13,19-20H2,1-5H3/b18-17-,21-8+,23-14+/t22-/m1/s1. The highest BCUT2D eigenvalue weighted by molar-refractivity contribution is 5.81. The van der Waals surface area contributed by atoms with E-state index >= 15 is 0 Å². The van der Waals surface area contributed by atoms with E-state index in [1.54, 1.807) is 16.2 Å². The van der Waals surface area contributed by atoms with Crippen molar-refractivity contribution in [2.75, 3.05) is 13.2 Å². The molecule has 2 rings (SSSR count). The first-order chi connectivity index (χ1) is 15.1. The molecule has 0 spiro atoms. The van der Waals surface area contributed by atoms with Crippen LogP contribution in [0.1, 0.15) is 59.8 Å². The fraction of sp³-hybridized carbons (Fsp3) is 0.500. The number of aromatic nitrogens is 2. The maximum atomic E-state index is 12.8. The van der Waals surface area contributed by atoms with Crippen molar-refractivity contribution in [2.24, 2.45) is 7.05 Å². The van der Waals surface area contributed by atoms with Crippen molar-refractivity contribution < 1.29 is 9.47 Å². The van der Waals surface area contributed by atoms with Crippen LogP contribution in [0.25, 0.3) is 16.7 Å². The molecule has 1 aromatic carbocycles. The molecule has 0 aliphatic carbocycles. The second kappa shape index (κ2) is 13.0. The molecule has 1 atom stereocenters. The molecule has 0 fully saturated rings. The zero-order valence-electron chi connectivity index (χ0n) is 19.8. The van der Waals surface area contributed by atoms with Crippen LogP contribution in [0.5, 0.6) is 0 Å². The third-order valence-electron chi connectivity index (χ3n) is 5.33. The molecule has 31 heavy (non-hydrogen) atoms. The molecule has 0 saturated heterocycles. The van der Waals surface area contributed by atoms with Crippen molar-refractivity contribution in [2.45, 2.75) is 65.9 Å². The summed E-state index contributed by atoms with van der Waals surface area (Å²) < 4.78 is 15.5. The highest BCUT2D eigenvalue weighted by Gasteiger charge is 2.12. The highest BCUT2D eigenvalue weighted by atomic mass is 16.5. The smallest absolute Gasteiger partial charge is 0.333 e. The van der Waals surface area contributed by atoms with Gasteiger partial charge in [0, 0.05) is 19.4 Å². The Balaban J connectivity index is 2.14. The van der Waals surface area contributed by atoms with E-state index in [1.807, 2.05) is 49.4 Å². The van der Waals surface area contributed by atoms with Gasteiger partial charge in [0.1, 0.15) is 12.4 Å². The van der Waals surface area contributed by atoms with E-state index in [0.717, 1.165) is 48.4 Å². The number of benzene rings is 1. The van der Waals surface area contributed by atoms with Gasteiger partial charge in [-0.05, 0) is 56.5 Å². The quantitative estimate of drug-likeness (QED) is 0.222. The second-order valence-corrected chi connectivity index (χ2v) is 7.65. The molecule has 5 nitrogen and oxygen atoms in total. The summed E-state index contributed by atoms with van der Waals surface area (Å²) in [6, 6.07) is 7.82. The average molecular weight is 427 g/mol. The number of hydrogen-bond donors (Lipinski definition) is 0. The Kier molecular flexibility index (Phi) is 10.4. The van der Waals surface area contributed by atoms with Crippen LogP contribution in [0.3, 0.4) is 0 Å². The number of allylic oxidation sites excluding steroid dienone is 5. The van der Waals surface area contributed by atoms with Crippen LogP contribution in [0.4, 0.5) is 0 Å². The molecule has 0 saturated carbocycles. The Labute approximate surface area is 186 Å². The molecular weight excluding hydrogens is 388 g/mol. The van der Waals surface area contributed by atoms with E-state index in [9.17, 15) is 4.79 Å². The first-order valence-corrected chi connectivity index (χ1v) is 11.5. The van der Waals surface area contributed by atoms with Crippen molar-refractivity contribution in [3.63, 3.8) is 0 Å². The van der Waals surface area contributed by atoms with Gasteiger partial charge in [-0.15, -0.1) is 0 Å². The van der Waals surface area contributed by atoms with E-state index in [4.69, 9.17) is 9.47 Å². The molecule has 0 aliphatic rings. The molecule has 0 bridgehead atoms. The summed E-state index contributed by atoms with van der Waals surface area (Å²) in [6.45, 7) is 9.65. The fourth-order valence-electron chi connectivity index (χ4n) is 3.46. The first kappa shape index (κ1) is 24.7. The van der Waals surface area contributed by atoms with Gasteiger partial charge >= 0.3 is 5.69 Å². The number of unbranched alkanes of at least 4 members (excludes halogenated alkanes) is 2. The molecule has 5 heteroatoms. The summed E-state index contributed by atoms with van der Waals surface area (Å²) in [4.78, 5) is 12.8. The minimum absolute atomic E-state index is 0.0626. The van der Waals surface area contributed by atoms with E-state index in [-0.39, 0.29) is 11.8 Å². The van der Waals surface area contributed by atoms with Gasteiger partial charge in [-0.2, -0.15) is 0 Å². The lowest BCUT2D eigenvalue weighted by Crippen LogP contribution is -2.21. The number of aryl methyl sites for hydroxylation is 1. The van der Waals surface area contributed by atoms with Crippen LogP contribution in [0, 0.1) is 0 Å². The summed E-state index contributed by atoms with van der Waals surface area (Å²) in [6.07, 6.45) is 13.2. The molecule has 0 amide bonds. The van der Waals surface area contributed by atoms with Gasteiger partial charge in [-0.1, -0.05) is 51.8 Å². The summed E-state index contributed by atoms with van der Waals surface area (Å²) >= 11 is 0. The van der Waals surface area contributed by atoms with Crippen LogP contribution in [-0.4, -0.2) is 28.5 Å². The summed E-state index contributed by atoms with van der Waals surface area (Å²) in [5, 5.41) is 0. The molecular formula is C26H38N2O3. The minimum Gasteiger partial charge on any atom is -0.491 e. The lowest BCUT2D eigenvalue weighted by molar-refractivity contribution is 0.000628. The lowest BCUT2D eigenvalue weighted by Gasteiger charge is -2.17. The fourth-order valence-corrected chi connectivity index (χ4v) is 3.46. The topological polar surface area (TPSA) is 45.4 Å². The molecule has 0 unspecified atom stereocenters. The van der Waals surface area contributed by atoms with Crippen LogP contribution in [0.15, 0.2) is 59.1 Å². The molecule has 170 valence electrons. The van der Waals surface area contributed by atoms with Crippen molar-refractivity contribution in [1.29, 1.82) is 0 Å². The summed E-state index contributed by atoms with van der Waals surface area (Å²) in [5.41, 5.74) is 2.55. The van der Waals surface area contributed by atoms with Crippen molar-refractivity contribution in [3.8, 4) is 0 Å². The minimum atomic E-state index is -0.0626. The van der Waals surface area contributed by atoms with E-state index in [1.165, 1.54) is 12.8 Å². The first-order valence-electron chi connectivity index (χ1n) is 11.5. The third kappa shape index (κ3) is 6.73. The number of imidazole rings is 1. The van der Waals surface area contributed by atoms with Gasteiger partial charge in [-0.3, -0.25) is 9.13 Å². The lowest BCUT2D eigenvalue weighted by atomic mass is 10.2. The van der Waals surface area contributed by atoms with E-state index < -0.39 is 0 Å². The van der Waals surface area contributed by atoms with E-state index in [0.29, 0.717) is 6.61 Å². The Hall–Kier alpha value is -2.53. The molecule has 1 heterocycles. The summed E-state index contributed by atoms with van der Waals surface area (Å²) in [5.74, 6) is 0.797. The Morgan fingerprint density at radius 1 is 1.10 bits per heavy atom. The zero-order valence-corrected chi connectivity index (χ0v) is 19.8. The number of rotatable bonds is 13. The maximum Gasteiger partial charge on any atom is 0.333 e. The van der Waals surface area contributed by atoms with Crippen LogP contribution >= 0.6 is 0 Å². The molecule has 0 N–H and O–H groups in total. The van der Waals surface area contributed by atoms with Gasteiger partial charge in [0.25, 0.3) is 0 Å². The average Bonchev–Trinajstić information content (AvgIpc) is 3.04. The van der Waals surface area contributed by atoms with Gasteiger partial charge in [0.05, 0.1) is 17.1 Å². The molecule has 2 aromatic rings. The molecule has 1 aromatic heterocycles. The molecule has 0 radical (unpaired) electrons. The monoisotopic (exact) mass is 426 g/mol. The van der Waals surface area contributed by atoms with Crippen molar-refractivity contribution in [1.82, 2.24) is 9.13 Å². The Morgan fingerprint density at radius 2 is 1.84 bits per heavy atom. The maximum absolute atomic E-state index is 12.8. The number of fused-ring (bicyclic) bond motifs is 1. The number of hydrogen-bond acceptors (Lipinski definition) is 3.